The number of hydrogen-bond donors (Lipinski definition) is 1. The minimum Gasteiger partial charge on any atom is -0.372 e. The average molecular weight is 397 g/mol. The smallest absolute Gasteiger partial charge is 0.261 e. The molecule has 1 N–H and O–H groups in total. The van der Waals surface area contributed by atoms with E-state index < -0.39 is 0 Å². The monoisotopic (exact) mass is 396 g/mol. The van der Waals surface area contributed by atoms with Crippen molar-refractivity contribution in [3.63, 3.8) is 0 Å². The minimum absolute atomic E-state index is 0.111. The number of amides is 1. The van der Waals surface area contributed by atoms with E-state index >= 15 is 0 Å². The second kappa shape index (κ2) is 8.93. The molecular formula is C21H24N4O2S. The molecule has 3 aromatic rings. The number of fused-ring (bicyclic) bond motifs is 1. The molecule has 1 heterocycles. The van der Waals surface area contributed by atoms with Crippen molar-refractivity contribution in [2.24, 2.45) is 7.05 Å². The summed E-state index contributed by atoms with van der Waals surface area (Å²) in [7, 11) is 1.67. The van der Waals surface area contributed by atoms with Crippen molar-refractivity contribution in [2.75, 3.05) is 29.1 Å². The predicted molar refractivity (Wildman–Crippen MR) is 116 cm³/mol. The van der Waals surface area contributed by atoms with Gasteiger partial charge in [-0.15, -0.1) is 0 Å². The molecular weight excluding hydrogens is 372 g/mol. The Morgan fingerprint density at radius 3 is 2.46 bits per heavy atom. The van der Waals surface area contributed by atoms with Crippen LogP contribution in [-0.4, -0.2) is 34.3 Å². The Bertz CT molecular complexity index is 1030. The molecule has 146 valence electrons. The summed E-state index contributed by atoms with van der Waals surface area (Å²) >= 11 is 1.25. The van der Waals surface area contributed by atoms with Crippen LogP contribution in [0.5, 0.6) is 0 Å². The molecule has 2 aromatic carbocycles. The highest BCUT2D eigenvalue weighted by Crippen LogP contribution is 2.20. The van der Waals surface area contributed by atoms with E-state index in [0.29, 0.717) is 16.1 Å². The van der Waals surface area contributed by atoms with Gasteiger partial charge in [0.25, 0.3) is 5.56 Å². The van der Waals surface area contributed by atoms with Crippen LogP contribution in [0.1, 0.15) is 13.8 Å². The quantitative estimate of drug-likeness (QED) is 0.489. The third-order valence-electron chi connectivity index (χ3n) is 4.55. The van der Waals surface area contributed by atoms with Gasteiger partial charge in [-0.3, -0.25) is 14.2 Å². The van der Waals surface area contributed by atoms with Gasteiger partial charge in [-0.25, -0.2) is 4.98 Å². The van der Waals surface area contributed by atoms with Crippen molar-refractivity contribution in [3.05, 3.63) is 58.9 Å². The second-order valence-corrected chi connectivity index (χ2v) is 7.27. The highest BCUT2D eigenvalue weighted by atomic mass is 32.2. The number of benzene rings is 2. The van der Waals surface area contributed by atoms with E-state index in [1.165, 1.54) is 16.3 Å². The Morgan fingerprint density at radius 2 is 1.79 bits per heavy atom. The molecule has 0 aliphatic rings. The Kier molecular flexibility index (Phi) is 6.36. The van der Waals surface area contributed by atoms with Crippen LogP contribution in [0.15, 0.2) is 58.5 Å². The van der Waals surface area contributed by atoms with E-state index in [9.17, 15) is 9.59 Å². The number of nitrogens with one attached hydrogen (secondary N) is 1. The van der Waals surface area contributed by atoms with Crippen molar-refractivity contribution in [3.8, 4) is 0 Å². The van der Waals surface area contributed by atoms with Gasteiger partial charge in [0.15, 0.2) is 5.16 Å². The Labute approximate surface area is 168 Å². The molecule has 6 nitrogen and oxygen atoms in total. The second-order valence-electron chi connectivity index (χ2n) is 6.33. The van der Waals surface area contributed by atoms with Crippen LogP contribution in [0, 0.1) is 0 Å². The summed E-state index contributed by atoms with van der Waals surface area (Å²) in [5.74, 6) is 0.0409. The number of nitrogens with zero attached hydrogens (tertiary/aromatic N) is 3. The molecule has 0 spiro atoms. The minimum atomic E-state index is -0.136. The number of carbonyl (C=O) groups is 1. The van der Waals surface area contributed by atoms with Gasteiger partial charge in [-0.05, 0) is 50.2 Å². The number of anilines is 2. The van der Waals surface area contributed by atoms with Gasteiger partial charge in [0.1, 0.15) is 0 Å². The van der Waals surface area contributed by atoms with Gasteiger partial charge < -0.3 is 10.2 Å². The van der Waals surface area contributed by atoms with E-state index in [1.54, 1.807) is 19.2 Å². The molecule has 0 saturated carbocycles. The van der Waals surface area contributed by atoms with Gasteiger partial charge in [0.2, 0.25) is 5.91 Å². The summed E-state index contributed by atoms with van der Waals surface area (Å²) in [4.78, 5) is 31.5. The fourth-order valence-corrected chi connectivity index (χ4v) is 3.77. The van der Waals surface area contributed by atoms with E-state index in [0.717, 1.165) is 24.5 Å². The van der Waals surface area contributed by atoms with E-state index in [1.807, 2.05) is 36.4 Å². The highest BCUT2D eigenvalue weighted by Gasteiger charge is 2.11. The number of rotatable bonds is 7. The molecule has 1 aromatic heterocycles. The average Bonchev–Trinajstić information content (AvgIpc) is 2.72. The molecule has 3 rings (SSSR count). The fourth-order valence-electron chi connectivity index (χ4n) is 3.00. The van der Waals surface area contributed by atoms with Crippen LogP contribution in [-0.2, 0) is 11.8 Å². The topological polar surface area (TPSA) is 67.2 Å². The van der Waals surface area contributed by atoms with Crippen LogP contribution in [0.2, 0.25) is 0 Å². The van der Waals surface area contributed by atoms with E-state index in [4.69, 9.17) is 0 Å². The van der Waals surface area contributed by atoms with Gasteiger partial charge in [0.05, 0.1) is 16.7 Å². The van der Waals surface area contributed by atoms with Crippen LogP contribution < -0.4 is 15.8 Å². The van der Waals surface area contributed by atoms with Gasteiger partial charge >= 0.3 is 0 Å². The maximum absolute atomic E-state index is 12.4. The van der Waals surface area contributed by atoms with Crippen molar-refractivity contribution < 1.29 is 4.79 Å². The Balaban J connectivity index is 1.65. The summed E-state index contributed by atoms with van der Waals surface area (Å²) in [6.45, 7) is 6.11. The molecule has 0 unspecified atom stereocenters. The van der Waals surface area contributed by atoms with E-state index in [-0.39, 0.29) is 17.2 Å². The zero-order valence-electron chi connectivity index (χ0n) is 16.3. The normalized spacial score (nSPS) is 10.8. The summed E-state index contributed by atoms with van der Waals surface area (Å²) in [5, 5.41) is 3.99. The number of para-hydroxylation sites is 1. The van der Waals surface area contributed by atoms with Crippen molar-refractivity contribution in [1.82, 2.24) is 9.55 Å². The van der Waals surface area contributed by atoms with Gasteiger partial charge in [-0.2, -0.15) is 0 Å². The first-order valence-corrected chi connectivity index (χ1v) is 10.3. The maximum Gasteiger partial charge on any atom is 0.261 e. The number of hydrogen-bond acceptors (Lipinski definition) is 5. The first kappa shape index (κ1) is 19.9. The molecule has 0 aliphatic heterocycles. The maximum atomic E-state index is 12.4. The third kappa shape index (κ3) is 4.36. The lowest BCUT2D eigenvalue weighted by Gasteiger charge is -2.21. The number of carbonyl (C=O) groups excluding carboxylic acids is 1. The molecule has 0 atom stereocenters. The van der Waals surface area contributed by atoms with Crippen molar-refractivity contribution in [2.45, 2.75) is 19.0 Å². The van der Waals surface area contributed by atoms with Crippen molar-refractivity contribution >= 4 is 39.9 Å². The lowest BCUT2D eigenvalue weighted by atomic mass is 10.2. The first-order chi connectivity index (χ1) is 13.5. The zero-order valence-corrected chi connectivity index (χ0v) is 17.1. The van der Waals surface area contributed by atoms with Gasteiger partial charge in [0, 0.05) is 31.5 Å². The summed E-state index contributed by atoms with van der Waals surface area (Å²) in [5.41, 5.74) is 2.41. The summed E-state index contributed by atoms with van der Waals surface area (Å²) < 4.78 is 1.49. The lowest BCUT2D eigenvalue weighted by molar-refractivity contribution is -0.113. The largest absolute Gasteiger partial charge is 0.372 e. The highest BCUT2D eigenvalue weighted by molar-refractivity contribution is 7.99. The van der Waals surface area contributed by atoms with Gasteiger partial charge in [-0.1, -0.05) is 23.9 Å². The van der Waals surface area contributed by atoms with Crippen LogP contribution in [0.3, 0.4) is 0 Å². The summed E-state index contributed by atoms with van der Waals surface area (Å²) in [6, 6.07) is 15.0. The predicted octanol–water partition coefficient (Wildman–Crippen LogP) is 3.51. The van der Waals surface area contributed by atoms with E-state index in [2.05, 4.69) is 29.0 Å². The number of aromatic nitrogens is 2. The van der Waals surface area contributed by atoms with Crippen LogP contribution in [0.4, 0.5) is 11.4 Å². The van der Waals surface area contributed by atoms with Crippen molar-refractivity contribution in [1.29, 1.82) is 0 Å². The Hall–Kier alpha value is -2.80. The lowest BCUT2D eigenvalue weighted by Crippen LogP contribution is -2.22. The van der Waals surface area contributed by atoms with Crippen LogP contribution in [0.25, 0.3) is 10.9 Å². The molecule has 28 heavy (non-hydrogen) atoms. The molecule has 0 aliphatic carbocycles. The molecule has 0 bridgehead atoms. The molecule has 1 amide bonds. The molecule has 7 heteroatoms. The first-order valence-electron chi connectivity index (χ1n) is 9.27. The number of thioether (sulfide) groups is 1. The molecule has 0 saturated heterocycles. The van der Waals surface area contributed by atoms with Crippen LogP contribution >= 0.6 is 11.8 Å². The standard InChI is InChI=1S/C21H24N4O2S/c1-4-25(5-2)16-12-10-15(11-13-16)22-19(26)14-28-21-23-18-9-7-6-8-17(18)20(27)24(21)3/h6-13H,4-5,14H2,1-3H3,(H,22,26). The fraction of sp³-hybridized carbons (Fsp3) is 0.286. The summed E-state index contributed by atoms with van der Waals surface area (Å²) in [6.07, 6.45) is 0. The molecule has 0 fully saturated rings. The molecule has 0 radical (unpaired) electrons. The zero-order chi connectivity index (χ0) is 20.1. The SMILES string of the molecule is CCN(CC)c1ccc(NC(=O)CSc2nc3ccccc3c(=O)n2C)cc1. The third-order valence-corrected chi connectivity index (χ3v) is 5.58. The Morgan fingerprint density at radius 1 is 1.11 bits per heavy atom.